The molecule has 7 nitrogen and oxygen atoms in total. The van der Waals surface area contributed by atoms with Crippen molar-refractivity contribution in [2.75, 3.05) is 19.6 Å². The van der Waals surface area contributed by atoms with E-state index in [0.717, 1.165) is 25.9 Å². The van der Waals surface area contributed by atoms with Crippen molar-refractivity contribution in [2.24, 2.45) is 0 Å². The maximum atomic E-state index is 11.8. The van der Waals surface area contributed by atoms with Crippen LogP contribution in [-0.2, 0) is 4.79 Å². The summed E-state index contributed by atoms with van der Waals surface area (Å²) in [7, 11) is 0. The highest BCUT2D eigenvalue weighted by Crippen LogP contribution is 2.29. The van der Waals surface area contributed by atoms with Gasteiger partial charge in [0.1, 0.15) is 0 Å². The van der Waals surface area contributed by atoms with Gasteiger partial charge in [0.2, 0.25) is 11.8 Å². The Labute approximate surface area is 135 Å². The first-order chi connectivity index (χ1) is 11.1. The number of likely N-dealkylation sites (tertiary alicyclic amines) is 1. The molecular weight excluding hydrogens is 296 g/mol. The van der Waals surface area contributed by atoms with Gasteiger partial charge >= 0.3 is 0 Å². The van der Waals surface area contributed by atoms with Gasteiger partial charge in [0.05, 0.1) is 12.8 Å². The van der Waals surface area contributed by atoms with Crippen molar-refractivity contribution >= 4 is 5.91 Å². The summed E-state index contributed by atoms with van der Waals surface area (Å²) in [5, 5.41) is 11.1. The van der Waals surface area contributed by atoms with Crippen LogP contribution in [0.4, 0.5) is 0 Å². The molecule has 2 aromatic rings. The second kappa shape index (κ2) is 6.95. The number of carbonyl (C=O) groups excluding carboxylic acids is 1. The van der Waals surface area contributed by atoms with Crippen LogP contribution in [0.5, 0.6) is 0 Å². The lowest BCUT2D eigenvalue weighted by atomic mass is 9.97. The molecule has 0 radical (unpaired) electrons. The fraction of sp³-hybridized carbons (Fsp3) is 0.562. The lowest BCUT2D eigenvalue weighted by Crippen LogP contribution is -2.43. The quantitative estimate of drug-likeness (QED) is 0.908. The zero-order valence-corrected chi connectivity index (χ0v) is 13.5. The van der Waals surface area contributed by atoms with E-state index in [0.29, 0.717) is 24.1 Å². The first-order valence-corrected chi connectivity index (χ1v) is 8.01. The number of hydrogen-bond acceptors (Lipinski definition) is 6. The van der Waals surface area contributed by atoms with E-state index in [9.17, 15) is 4.79 Å². The zero-order valence-electron chi connectivity index (χ0n) is 13.5. The number of aromatic nitrogens is 2. The summed E-state index contributed by atoms with van der Waals surface area (Å²) in [4.78, 5) is 14.0. The van der Waals surface area contributed by atoms with Gasteiger partial charge in [-0.15, -0.1) is 10.2 Å². The lowest BCUT2D eigenvalue weighted by molar-refractivity contribution is -0.123. The number of nitrogens with one attached hydrogen (secondary N) is 1. The van der Waals surface area contributed by atoms with E-state index in [-0.39, 0.29) is 17.9 Å². The van der Waals surface area contributed by atoms with Gasteiger partial charge in [0.15, 0.2) is 5.76 Å². The number of nitrogens with zero attached hydrogens (tertiary/aromatic N) is 3. The van der Waals surface area contributed by atoms with Crippen LogP contribution in [0, 0.1) is 0 Å². The van der Waals surface area contributed by atoms with Crippen molar-refractivity contribution < 1.29 is 13.6 Å². The molecule has 0 bridgehead atoms. The minimum Gasteiger partial charge on any atom is -0.459 e. The molecule has 0 saturated carbocycles. The summed E-state index contributed by atoms with van der Waals surface area (Å²) in [5.74, 6) is 1.99. The van der Waals surface area contributed by atoms with E-state index >= 15 is 0 Å². The van der Waals surface area contributed by atoms with Crippen LogP contribution in [0.2, 0.25) is 0 Å². The second-order valence-electron chi connectivity index (χ2n) is 6.20. The van der Waals surface area contributed by atoms with Gasteiger partial charge in [0.25, 0.3) is 5.89 Å². The summed E-state index contributed by atoms with van der Waals surface area (Å²) in [6.07, 6.45) is 3.41. The minimum absolute atomic E-state index is 0.0799. The highest BCUT2D eigenvalue weighted by molar-refractivity contribution is 5.78. The number of rotatable bonds is 5. The standard InChI is InChI=1S/C16H22N4O3/c1-11(2)17-14(21)10-20-7-5-12(6-8-20)15-18-19-16(23-15)13-4-3-9-22-13/h3-4,9,11-12H,5-8,10H2,1-2H3,(H,17,21). The minimum atomic E-state index is 0.0799. The first-order valence-electron chi connectivity index (χ1n) is 8.01. The van der Waals surface area contributed by atoms with E-state index in [2.05, 4.69) is 20.4 Å². The van der Waals surface area contributed by atoms with Gasteiger partial charge in [0, 0.05) is 12.0 Å². The molecule has 7 heteroatoms. The Bertz CT molecular complexity index is 628. The molecule has 0 aliphatic carbocycles. The predicted octanol–water partition coefficient (Wildman–Crippen LogP) is 2.03. The molecule has 0 spiro atoms. The molecule has 1 aliphatic rings. The van der Waals surface area contributed by atoms with Crippen molar-refractivity contribution in [3.63, 3.8) is 0 Å². The largest absolute Gasteiger partial charge is 0.459 e. The molecule has 1 amide bonds. The van der Waals surface area contributed by atoms with Crippen molar-refractivity contribution in [2.45, 2.75) is 38.6 Å². The van der Waals surface area contributed by atoms with E-state index in [1.165, 1.54) is 0 Å². The van der Waals surface area contributed by atoms with E-state index in [1.807, 2.05) is 13.8 Å². The van der Waals surface area contributed by atoms with Gasteiger partial charge in [-0.1, -0.05) is 0 Å². The molecule has 0 aromatic carbocycles. The van der Waals surface area contributed by atoms with Crippen LogP contribution in [-0.4, -0.2) is 46.7 Å². The third-order valence-electron chi connectivity index (χ3n) is 3.93. The average Bonchev–Trinajstić information content (AvgIpc) is 3.18. The fourth-order valence-electron chi connectivity index (χ4n) is 2.81. The van der Waals surface area contributed by atoms with Gasteiger partial charge < -0.3 is 14.2 Å². The molecule has 3 rings (SSSR count). The molecule has 1 N–H and O–H groups in total. The maximum absolute atomic E-state index is 11.8. The molecule has 23 heavy (non-hydrogen) atoms. The summed E-state index contributed by atoms with van der Waals surface area (Å²) < 4.78 is 11.0. The highest BCUT2D eigenvalue weighted by Gasteiger charge is 2.26. The molecule has 0 atom stereocenters. The van der Waals surface area contributed by atoms with E-state index in [1.54, 1.807) is 18.4 Å². The van der Waals surface area contributed by atoms with Crippen LogP contribution in [0.15, 0.2) is 27.2 Å². The third-order valence-corrected chi connectivity index (χ3v) is 3.93. The average molecular weight is 318 g/mol. The topological polar surface area (TPSA) is 84.4 Å². The smallest absolute Gasteiger partial charge is 0.283 e. The highest BCUT2D eigenvalue weighted by atomic mass is 16.4. The molecule has 0 unspecified atom stereocenters. The second-order valence-corrected chi connectivity index (χ2v) is 6.20. The summed E-state index contributed by atoms with van der Waals surface area (Å²) in [5.41, 5.74) is 0. The van der Waals surface area contributed by atoms with Crippen molar-refractivity contribution in [3.05, 3.63) is 24.3 Å². The number of amides is 1. The molecule has 124 valence electrons. The molecule has 1 fully saturated rings. The van der Waals surface area contributed by atoms with Crippen LogP contribution in [0.25, 0.3) is 11.7 Å². The number of hydrogen-bond donors (Lipinski definition) is 1. The Morgan fingerprint density at radius 1 is 1.39 bits per heavy atom. The van der Waals surface area contributed by atoms with Crippen LogP contribution in [0.1, 0.15) is 38.5 Å². The third kappa shape index (κ3) is 3.98. The number of carbonyl (C=O) groups is 1. The number of piperidine rings is 1. The monoisotopic (exact) mass is 318 g/mol. The molecule has 1 saturated heterocycles. The van der Waals surface area contributed by atoms with Gasteiger partial charge in [-0.25, -0.2) is 0 Å². The lowest BCUT2D eigenvalue weighted by Gasteiger charge is -2.29. The molecule has 2 aromatic heterocycles. The van der Waals surface area contributed by atoms with Gasteiger partial charge in [-0.05, 0) is 51.9 Å². The predicted molar refractivity (Wildman–Crippen MR) is 83.7 cm³/mol. The Hall–Kier alpha value is -2.15. The Kier molecular flexibility index (Phi) is 4.76. The summed E-state index contributed by atoms with van der Waals surface area (Å²) in [6.45, 7) is 6.10. The van der Waals surface area contributed by atoms with Crippen LogP contribution < -0.4 is 5.32 Å². The maximum Gasteiger partial charge on any atom is 0.283 e. The molecule has 3 heterocycles. The summed E-state index contributed by atoms with van der Waals surface area (Å²) >= 11 is 0. The van der Waals surface area contributed by atoms with Crippen LogP contribution >= 0.6 is 0 Å². The van der Waals surface area contributed by atoms with Crippen LogP contribution in [0.3, 0.4) is 0 Å². The van der Waals surface area contributed by atoms with Crippen molar-refractivity contribution in [1.29, 1.82) is 0 Å². The Balaban J connectivity index is 1.52. The summed E-state index contributed by atoms with van der Waals surface area (Å²) in [6, 6.07) is 3.77. The van der Waals surface area contributed by atoms with Crippen molar-refractivity contribution in [1.82, 2.24) is 20.4 Å². The fourth-order valence-corrected chi connectivity index (χ4v) is 2.81. The Morgan fingerprint density at radius 2 is 2.17 bits per heavy atom. The molecule has 1 aliphatic heterocycles. The number of furan rings is 1. The van der Waals surface area contributed by atoms with E-state index < -0.39 is 0 Å². The van der Waals surface area contributed by atoms with Gasteiger partial charge in [-0.2, -0.15) is 0 Å². The normalized spacial score (nSPS) is 16.8. The zero-order chi connectivity index (χ0) is 16.2. The SMILES string of the molecule is CC(C)NC(=O)CN1CCC(c2nnc(-c3ccco3)o2)CC1. The Morgan fingerprint density at radius 3 is 2.83 bits per heavy atom. The van der Waals surface area contributed by atoms with Gasteiger partial charge in [-0.3, -0.25) is 9.69 Å². The first kappa shape index (κ1) is 15.7. The van der Waals surface area contributed by atoms with E-state index in [4.69, 9.17) is 8.83 Å². The van der Waals surface area contributed by atoms with Crippen molar-refractivity contribution in [3.8, 4) is 11.7 Å². The molecular formula is C16H22N4O3.